The predicted octanol–water partition coefficient (Wildman–Crippen LogP) is 4.33. The molecule has 0 aliphatic rings. The van der Waals surface area contributed by atoms with Crippen molar-refractivity contribution in [2.75, 3.05) is 0 Å². The van der Waals surface area contributed by atoms with Crippen molar-refractivity contribution >= 4 is 17.2 Å². The van der Waals surface area contributed by atoms with Gasteiger partial charge in [0.1, 0.15) is 5.75 Å². The highest BCUT2D eigenvalue weighted by molar-refractivity contribution is 7.13. The van der Waals surface area contributed by atoms with E-state index in [9.17, 15) is 4.79 Å². The van der Waals surface area contributed by atoms with Crippen LogP contribution in [-0.2, 0) is 0 Å². The van der Waals surface area contributed by atoms with E-state index in [1.807, 2.05) is 64.1 Å². The van der Waals surface area contributed by atoms with Crippen molar-refractivity contribution < 1.29 is 9.53 Å². The van der Waals surface area contributed by atoms with E-state index in [2.05, 4.69) is 5.32 Å². The van der Waals surface area contributed by atoms with Gasteiger partial charge in [-0.15, -0.1) is 11.3 Å². The molecule has 1 heterocycles. The Hall–Kier alpha value is -1.81. The summed E-state index contributed by atoms with van der Waals surface area (Å²) in [4.78, 5) is 14.1. The highest BCUT2D eigenvalue weighted by atomic mass is 32.1. The fraction of sp³-hybridized carbons (Fsp3) is 0.353. The van der Waals surface area contributed by atoms with Crippen molar-refractivity contribution in [3.8, 4) is 5.75 Å². The molecule has 1 amide bonds. The molecule has 1 atom stereocenters. The molecule has 0 spiro atoms. The maximum Gasteiger partial charge on any atom is 0.261 e. The number of para-hydroxylation sites is 1. The molecule has 1 aromatic heterocycles. The lowest BCUT2D eigenvalue weighted by Crippen LogP contribution is -2.26. The molecule has 1 aromatic carbocycles. The number of hydrogen-bond donors (Lipinski definition) is 1. The Kier molecular flexibility index (Phi) is 5.02. The molecule has 112 valence electrons. The largest absolute Gasteiger partial charge is 0.491 e. The highest BCUT2D eigenvalue weighted by Crippen LogP contribution is 2.26. The van der Waals surface area contributed by atoms with E-state index in [0.717, 1.165) is 21.1 Å². The Balaban J connectivity index is 2.13. The first-order valence-corrected chi connectivity index (χ1v) is 7.92. The molecule has 0 saturated heterocycles. The van der Waals surface area contributed by atoms with Crippen LogP contribution in [0.2, 0.25) is 0 Å². The first-order valence-electron chi connectivity index (χ1n) is 7.10. The van der Waals surface area contributed by atoms with E-state index < -0.39 is 0 Å². The van der Waals surface area contributed by atoms with Crippen LogP contribution in [0.5, 0.6) is 5.75 Å². The van der Waals surface area contributed by atoms with Gasteiger partial charge in [-0.3, -0.25) is 4.79 Å². The Morgan fingerprint density at radius 3 is 2.48 bits per heavy atom. The van der Waals surface area contributed by atoms with Crippen LogP contribution in [0.15, 0.2) is 36.4 Å². The molecule has 0 fully saturated rings. The number of carbonyl (C=O) groups excluding carboxylic acids is 1. The molecule has 1 N–H and O–H groups in total. The summed E-state index contributed by atoms with van der Waals surface area (Å²) >= 11 is 1.50. The standard InChI is InChI=1S/C17H21NO2S/c1-11(2)20-15-8-6-5-7-14(15)13(4)18-17(19)16-10-9-12(3)21-16/h5-11,13H,1-4H3,(H,18,19)/t13-/m0/s1. The third-order valence-corrected chi connectivity index (χ3v) is 4.06. The summed E-state index contributed by atoms with van der Waals surface area (Å²) in [7, 11) is 0. The van der Waals surface area contributed by atoms with Crippen molar-refractivity contribution in [3.63, 3.8) is 0 Å². The summed E-state index contributed by atoms with van der Waals surface area (Å²) in [5, 5.41) is 3.03. The van der Waals surface area contributed by atoms with Crippen LogP contribution in [0.3, 0.4) is 0 Å². The van der Waals surface area contributed by atoms with E-state index in [4.69, 9.17) is 4.74 Å². The Morgan fingerprint density at radius 2 is 1.86 bits per heavy atom. The van der Waals surface area contributed by atoms with Crippen LogP contribution < -0.4 is 10.1 Å². The molecule has 3 nitrogen and oxygen atoms in total. The van der Waals surface area contributed by atoms with Gasteiger partial charge in [0.05, 0.1) is 17.0 Å². The number of rotatable bonds is 5. The Morgan fingerprint density at radius 1 is 1.14 bits per heavy atom. The van der Waals surface area contributed by atoms with E-state index in [-0.39, 0.29) is 18.1 Å². The van der Waals surface area contributed by atoms with Gasteiger partial charge in [-0.2, -0.15) is 0 Å². The number of ether oxygens (including phenoxy) is 1. The van der Waals surface area contributed by atoms with Crippen LogP contribution in [0.1, 0.15) is 46.9 Å². The van der Waals surface area contributed by atoms with Crippen molar-refractivity contribution in [2.45, 2.75) is 39.8 Å². The zero-order valence-electron chi connectivity index (χ0n) is 12.8. The molecule has 0 aliphatic carbocycles. The van der Waals surface area contributed by atoms with Crippen LogP contribution in [0, 0.1) is 6.92 Å². The average molecular weight is 303 g/mol. The van der Waals surface area contributed by atoms with E-state index in [0.29, 0.717) is 0 Å². The molecule has 2 aromatic rings. The molecular formula is C17H21NO2S. The van der Waals surface area contributed by atoms with Gasteiger partial charge in [0.25, 0.3) is 5.91 Å². The van der Waals surface area contributed by atoms with Crippen molar-refractivity contribution in [1.82, 2.24) is 5.32 Å². The normalized spacial score (nSPS) is 12.2. The summed E-state index contributed by atoms with van der Waals surface area (Å²) in [5.41, 5.74) is 0.993. The maximum atomic E-state index is 12.2. The van der Waals surface area contributed by atoms with Crippen LogP contribution in [0.4, 0.5) is 0 Å². The van der Waals surface area contributed by atoms with Gasteiger partial charge in [-0.25, -0.2) is 0 Å². The fourth-order valence-electron chi connectivity index (χ4n) is 2.10. The van der Waals surface area contributed by atoms with Gasteiger partial charge < -0.3 is 10.1 Å². The average Bonchev–Trinajstić information content (AvgIpc) is 2.85. The maximum absolute atomic E-state index is 12.2. The molecule has 0 aliphatic heterocycles. The van der Waals surface area contributed by atoms with E-state index in [1.165, 1.54) is 11.3 Å². The Bertz CT molecular complexity index is 619. The van der Waals surface area contributed by atoms with Crippen molar-refractivity contribution in [3.05, 3.63) is 51.7 Å². The monoisotopic (exact) mass is 303 g/mol. The van der Waals surface area contributed by atoms with Crippen LogP contribution in [0.25, 0.3) is 0 Å². The zero-order chi connectivity index (χ0) is 15.4. The van der Waals surface area contributed by atoms with Gasteiger partial charge in [-0.05, 0) is 45.9 Å². The number of hydrogen-bond acceptors (Lipinski definition) is 3. The lowest BCUT2D eigenvalue weighted by atomic mass is 10.1. The van der Waals surface area contributed by atoms with Gasteiger partial charge in [-0.1, -0.05) is 18.2 Å². The Labute approximate surface area is 130 Å². The van der Waals surface area contributed by atoms with Crippen LogP contribution >= 0.6 is 11.3 Å². The lowest BCUT2D eigenvalue weighted by Gasteiger charge is -2.19. The topological polar surface area (TPSA) is 38.3 Å². The van der Waals surface area contributed by atoms with Gasteiger partial charge >= 0.3 is 0 Å². The summed E-state index contributed by atoms with van der Waals surface area (Å²) in [6.07, 6.45) is 0.106. The number of aryl methyl sites for hydroxylation is 1. The lowest BCUT2D eigenvalue weighted by molar-refractivity contribution is 0.0943. The van der Waals surface area contributed by atoms with Gasteiger partial charge in [0.2, 0.25) is 0 Å². The molecule has 2 rings (SSSR count). The van der Waals surface area contributed by atoms with Crippen molar-refractivity contribution in [2.24, 2.45) is 0 Å². The van der Waals surface area contributed by atoms with E-state index in [1.54, 1.807) is 0 Å². The predicted molar refractivity (Wildman–Crippen MR) is 87.1 cm³/mol. The zero-order valence-corrected chi connectivity index (χ0v) is 13.7. The molecule has 4 heteroatoms. The first-order chi connectivity index (χ1) is 9.97. The molecule has 0 radical (unpaired) electrons. The summed E-state index contributed by atoms with van der Waals surface area (Å²) < 4.78 is 5.81. The second-order valence-corrected chi connectivity index (χ2v) is 6.60. The second-order valence-electron chi connectivity index (χ2n) is 5.31. The number of nitrogens with one attached hydrogen (secondary N) is 1. The fourth-order valence-corrected chi connectivity index (χ4v) is 2.87. The quantitative estimate of drug-likeness (QED) is 0.892. The van der Waals surface area contributed by atoms with Crippen LogP contribution in [-0.4, -0.2) is 12.0 Å². The SMILES string of the molecule is Cc1ccc(C(=O)N[C@@H](C)c2ccccc2OC(C)C)s1. The summed E-state index contributed by atoms with van der Waals surface area (Å²) in [6, 6.07) is 11.5. The van der Waals surface area contributed by atoms with Gasteiger partial charge in [0.15, 0.2) is 0 Å². The van der Waals surface area contributed by atoms with E-state index >= 15 is 0 Å². The number of carbonyl (C=O) groups is 1. The minimum Gasteiger partial charge on any atom is -0.491 e. The second kappa shape index (κ2) is 6.76. The molecular weight excluding hydrogens is 282 g/mol. The highest BCUT2D eigenvalue weighted by Gasteiger charge is 2.16. The third-order valence-electron chi connectivity index (χ3n) is 3.06. The third kappa shape index (κ3) is 4.08. The molecule has 21 heavy (non-hydrogen) atoms. The number of thiophene rings is 1. The number of amides is 1. The summed E-state index contributed by atoms with van der Waals surface area (Å²) in [5.74, 6) is 0.780. The first kappa shape index (κ1) is 15.6. The van der Waals surface area contributed by atoms with Gasteiger partial charge in [0, 0.05) is 10.4 Å². The smallest absolute Gasteiger partial charge is 0.261 e. The molecule has 0 saturated carbocycles. The summed E-state index contributed by atoms with van der Waals surface area (Å²) in [6.45, 7) is 7.96. The minimum atomic E-state index is -0.102. The number of benzene rings is 1. The molecule has 0 bridgehead atoms. The molecule has 0 unspecified atom stereocenters. The van der Waals surface area contributed by atoms with Crippen molar-refractivity contribution in [1.29, 1.82) is 0 Å². The minimum absolute atomic E-state index is 0.0417.